The molecule has 1 unspecified atom stereocenters. The minimum absolute atomic E-state index is 0.148. The lowest BCUT2D eigenvalue weighted by molar-refractivity contribution is -0.145. The van der Waals surface area contributed by atoms with E-state index in [-0.39, 0.29) is 18.2 Å². The van der Waals surface area contributed by atoms with Crippen molar-refractivity contribution in [2.45, 2.75) is 31.8 Å². The molecular formula is C17H20FNO4. The fourth-order valence-corrected chi connectivity index (χ4v) is 2.63. The number of carbonyl (C=O) groups is 2. The number of benzene rings is 1. The maximum Gasteiger partial charge on any atom is 0.346 e. The Morgan fingerprint density at radius 1 is 1.39 bits per heavy atom. The molecule has 0 aliphatic heterocycles. The van der Waals surface area contributed by atoms with Gasteiger partial charge in [0.1, 0.15) is 11.6 Å². The van der Waals surface area contributed by atoms with Gasteiger partial charge in [-0.05, 0) is 43.5 Å². The van der Waals surface area contributed by atoms with E-state index in [2.05, 4.69) is 11.9 Å². The van der Waals surface area contributed by atoms with Gasteiger partial charge in [0.05, 0.1) is 12.0 Å². The van der Waals surface area contributed by atoms with Crippen LogP contribution in [-0.4, -0.2) is 29.6 Å². The Morgan fingerprint density at radius 2 is 2.04 bits per heavy atom. The fraction of sp³-hybridized carbons (Fsp3) is 0.412. The quantitative estimate of drug-likeness (QED) is 0.722. The number of carboxylic acids is 1. The number of hydrogen-bond acceptors (Lipinski definition) is 3. The number of halogens is 1. The van der Waals surface area contributed by atoms with Crippen LogP contribution in [0.15, 0.2) is 36.9 Å². The zero-order chi connectivity index (χ0) is 16.9. The van der Waals surface area contributed by atoms with Gasteiger partial charge in [0.25, 0.3) is 0 Å². The molecule has 2 N–H and O–H groups in total. The van der Waals surface area contributed by atoms with Crippen molar-refractivity contribution in [1.82, 2.24) is 5.32 Å². The van der Waals surface area contributed by atoms with E-state index < -0.39 is 23.3 Å². The first-order valence-corrected chi connectivity index (χ1v) is 7.51. The SMILES string of the molecule is C=CCC1(C(=O)NCC(Oc2ccc(F)cc2)C(=O)O)CCC1. The van der Waals surface area contributed by atoms with Gasteiger partial charge in [0.2, 0.25) is 12.0 Å². The molecule has 0 heterocycles. The molecule has 0 spiro atoms. The van der Waals surface area contributed by atoms with E-state index >= 15 is 0 Å². The largest absolute Gasteiger partial charge is 0.478 e. The summed E-state index contributed by atoms with van der Waals surface area (Å²) in [7, 11) is 0. The molecule has 1 aliphatic rings. The standard InChI is InChI=1S/C17H20FNO4/c1-2-8-17(9-3-10-17)16(22)19-11-14(15(20)21)23-13-6-4-12(18)5-7-13/h2,4-7,14H,1,3,8-11H2,(H,19,22)(H,20,21). The van der Waals surface area contributed by atoms with Crippen LogP contribution in [0.5, 0.6) is 5.75 Å². The molecule has 1 aromatic carbocycles. The van der Waals surface area contributed by atoms with E-state index in [1.165, 1.54) is 24.3 Å². The molecule has 0 radical (unpaired) electrons. The van der Waals surface area contributed by atoms with Gasteiger partial charge < -0.3 is 15.2 Å². The Bertz CT molecular complexity index is 581. The molecule has 6 heteroatoms. The number of aliphatic carboxylic acids is 1. The number of carbonyl (C=O) groups excluding carboxylic acids is 1. The van der Waals surface area contributed by atoms with E-state index in [0.717, 1.165) is 19.3 Å². The number of nitrogens with one attached hydrogen (secondary N) is 1. The smallest absolute Gasteiger partial charge is 0.346 e. The zero-order valence-electron chi connectivity index (χ0n) is 12.8. The van der Waals surface area contributed by atoms with E-state index in [4.69, 9.17) is 4.74 Å². The van der Waals surface area contributed by atoms with Crippen LogP contribution in [0.3, 0.4) is 0 Å². The number of ether oxygens (including phenoxy) is 1. The molecule has 5 nitrogen and oxygen atoms in total. The minimum atomic E-state index is -1.23. The summed E-state index contributed by atoms with van der Waals surface area (Å²) in [5.41, 5.74) is -0.458. The number of carboxylic acid groups (broad SMARTS) is 1. The minimum Gasteiger partial charge on any atom is -0.478 e. The third kappa shape index (κ3) is 4.09. The third-order valence-corrected chi connectivity index (χ3v) is 4.14. The Balaban J connectivity index is 1.94. The average molecular weight is 321 g/mol. The van der Waals surface area contributed by atoms with Gasteiger partial charge in [-0.15, -0.1) is 6.58 Å². The van der Waals surface area contributed by atoms with Gasteiger partial charge >= 0.3 is 5.97 Å². The lowest BCUT2D eigenvalue weighted by atomic mass is 9.66. The van der Waals surface area contributed by atoms with Crippen LogP contribution in [-0.2, 0) is 9.59 Å². The molecule has 0 aromatic heterocycles. The molecule has 0 bridgehead atoms. The summed E-state index contributed by atoms with van der Waals surface area (Å²) >= 11 is 0. The predicted octanol–water partition coefficient (Wildman–Crippen LogP) is 2.52. The topological polar surface area (TPSA) is 75.6 Å². The second-order valence-electron chi connectivity index (χ2n) is 5.74. The van der Waals surface area contributed by atoms with Crippen molar-refractivity contribution in [3.8, 4) is 5.75 Å². The highest BCUT2D eigenvalue weighted by molar-refractivity contribution is 5.84. The summed E-state index contributed by atoms with van der Waals surface area (Å²) in [6, 6.07) is 5.05. The average Bonchev–Trinajstić information content (AvgIpc) is 2.48. The van der Waals surface area contributed by atoms with Crippen LogP contribution in [0.1, 0.15) is 25.7 Å². The van der Waals surface area contributed by atoms with E-state index in [0.29, 0.717) is 6.42 Å². The van der Waals surface area contributed by atoms with Crippen LogP contribution in [0.2, 0.25) is 0 Å². The summed E-state index contributed by atoms with van der Waals surface area (Å²) in [6.07, 6.45) is 3.60. The number of allylic oxidation sites excluding steroid dienone is 1. The fourth-order valence-electron chi connectivity index (χ4n) is 2.63. The molecule has 1 atom stereocenters. The first-order valence-electron chi connectivity index (χ1n) is 7.51. The van der Waals surface area contributed by atoms with E-state index in [9.17, 15) is 19.1 Å². The third-order valence-electron chi connectivity index (χ3n) is 4.14. The molecule has 1 saturated carbocycles. The molecule has 1 amide bonds. The maximum absolute atomic E-state index is 12.8. The monoisotopic (exact) mass is 321 g/mol. The van der Waals surface area contributed by atoms with Crippen molar-refractivity contribution in [2.75, 3.05) is 6.54 Å². The summed E-state index contributed by atoms with van der Waals surface area (Å²) in [4.78, 5) is 23.6. The Kier molecular flexibility index (Phi) is 5.36. The molecule has 124 valence electrons. The van der Waals surface area contributed by atoms with Crippen molar-refractivity contribution in [1.29, 1.82) is 0 Å². The molecule has 2 rings (SSSR count). The van der Waals surface area contributed by atoms with Gasteiger partial charge in [0.15, 0.2) is 0 Å². The van der Waals surface area contributed by atoms with Gasteiger partial charge in [-0.3, -0.25) is 4.79 Å². The number of rotatable bonds is 8. The second kappa shape index (κ2) is 7.26. The van der Waals surface area contributed by atoms with Gasteiger partial charge in [-0.1, -0.05) is 12.5 Å². The van der Waals surface area contributed by atoms with Crippen molar-refractivity contribution in [2.24, 2.45) is 5.41 Å². The normalized spacial score (nSPS) is 16.7. The van der Waals surface area contributed by atoms with Gasteiger partial charge in [-0.25, -0.2) is 9.18 Å². The van der Waals surface area contributed by atoms with Crippen molar-refractivity contribution in [3.05, 3.63) is 42.7 Å². The van der Waals surface area contributed by atoms with Gasteiger partial charge in [0, 0.05) is 0 Å². The first kappa shape index (κ1) is 17.0. The lowest BCUT2D eigenvalue weighted by Gasteiger charge is -2.39. The number of amides is 1. The predicted molar refractivity (Wildman–Crippen MR) is 82.6 cm³/mol. The molecule has 1 fully saturated rings. The van der Waals surface area contributed by atoms with Crippen LogP contribution in [0, 0.1) is 11.2 Å². The highest BCUT2D eigenvalue weighted by Gasteiger charge is 2.43. The van der Waals surface area contributed by atoms with Crippen LogP contribution >= 0.6 is 0 Å². The molecule has 23 heavy (non-hydrogen) atoms. The molecule has 1 aliphatic carbocycles. The summed E-state index contributed by atoms with van der Waals surface area (Å²) < 4.78 is 18.2. The van der Waals surface area contributed by atoms with E-state index in [1.807, 2.05) is 0 Å². The number of hydrogen-bond donors (Lipinski definition) is 2. The highest BCUT2D eigenvalue weighted by Crippen LogP contribution is 2.44. The summed E-state index contributed by atoms with van der Waals surface area (Å²) in [5, 5.41) is 11.9. The first-order chi connectivity index (χ1) is 11.0. The zero-order valence-corrected chi connectivity index (χ0v) is 12.8. The highest BCUT2D eigenvalue weighted by atomic mass is 19.1. The Hall–Kier alpha value is -2.37. The second-order valence-corrected chi connectivity index (χ2v) is 5.74. The van der Waals surface area contributed by atoms with Crippen LogP contribution in [0.4, 0.5) is 4.39 Å². The Morgan fingerprint density at radius 3 is 2.52 bits per heavy atom. The van der Waals surface area contributed by atoms with E-state index in [1.54, 1.807) is 6.08 Å². The van der Waals surface area contributed by atoms with Crippen molar-refractivity contribution < 1.29 is 23.8 Å². The summed E-state index contributed by atoms with van der Waals surface area (Å²) in [5.74, 6) is -1.56. The van der Waals surface area contributed by atoms with Crippen molar-refractivity contribution in [3.63, 3.8) is 0 Å². The molecule has 1 aromatic rings. The Labute approximate surface area is 134 Å². The lowest BCUT2D eigenvalue weighted by Crippen LogP contribution is -2.49. The van der Waals surface area contributed by atoms with Crippen LogP contribution in [0.25, 0.3) is 0 Å². The van der Waals surface area contributed by atoms with Crippen molar-refractivity contribution >= 4 is 11.9 Å². The maximum atomic E-state index is 12.8. The molecule has 0 saturated heterocycles. The van der Waals surface area contributed by atoms with Crippen LogP contribution < -0.4 is 10.1 Å². The summed E-state index contributed by atoms with van der Waals surface area (Å²) in [6.45, 7) is 3.52. The molecular weight excluding hydrogens is 301 g/mol. The van der Waals surface area contributed by atoms with Gasteiger partial charge in [-0.2, -0.15) is 0 Å².